The highest BCUT2D eigenvalue weighted by Crippen LogP contribution is 2.37. The Kier molecular flexibility index (Phi) is 4.69. The molecule has 0 saturated heterocycles. The smallest absolute Gasteiger partial charge is 0.321 e. The van der Waals surface area contributed by atoms with Crippen molar-refractivity contribution in [3.63, 3.8) is 0 Å². The van der Waals surface area contributed by atoms with E-state index in [2.05, 4.69) is 15.3 Å². The molecule has 0 fully saturated rings. The highest BCUT2D eigenvalue weighted by molar-refractivity contribution is 8.00. The van der Waals surface area contributed by atoms with Crippen molar-refractivity contribution >= 4 is 35.0 Å². The minimum Gasteiger partial charge on any atom is -0.321 e. The Hall–Kier alpha value is -1.80. The lowest BCUT2D eigenvalue weighted by Crippen LogP contribution is -2.15. The zero-order valence-corrected chi connectivity index (χ0v) is 11.8. The van der Waals surface area contributed by atoms with Gasteiger partial charge in [0, 0.05) is 18.0 Å². The molecule has 0 saturated carbocycles. The summed E-state index contributed by atoms with van der Waals surface area (Å²) in [6, 6.07) is 5.58. The van der Waals surface area contributed by atoms with Gasteiger partial charge in [0.1, 0.15) is 10.2 Å². The van der Waals surface area contributed by atoms with Gasteiger partial charge < -0.3 is 5.32 Å². The van der Waals surface area contributed by atoms with Gasteiger partial charge in [-0.1, -0.05) is 11.6 Å². The molecule has 0 bridgehead atoms. The molecule has 0 aliphatic rings. The van der Waals surface area contributed by atoms with Gasteiger partial charge in [-0.05, 0) is 24.3 Å². The SMILES string of the molecule is O=C(Nc1ccc(Cl)nc1)c1cccnc1SC(F)(F)F. The van der Waals surface area contributed by atoms with Gasteiger partial charge in [-0.3, -0.25) is 4.79 Å². The van der Waals surface area contributed by atoms with Crippen LogP contribution in [0.1, 0.15) is 10.4 Å². The number of hydrogen-bond donors (Lipinski definition) is 1. The summed E-state index contributed by atoms with van der Waals surface area (Å²) in [5.41, 5.74) is -4.38. The molecule has 2 aromatic heterocycles. The summed E-state index contributed by atoms with van der Waals surface area (Å²) in [6.07, 6.45) is 2.49. The van der Waals surface area contributed by atoms with Gasteiger partial charge >= 0.3 is 5.51 Å². The maximum Gasteiger partial charge on any atom is 0.447 e. The maximum absolute atomic E-state index is 12.4. The molecule has 21 heavy (non-hydrogen) atoms. The predicted molar refractivity (Wildman–Crippen MR) is 73.3 cm³/mol. The number of pyridine rings is 2. The summed E-state index contributed by atoms with van der Waals surface area (Å²) < 4.78 is 37.3. The molecule has 4 nitrogen and oxygen atoms in total. The lowest BCUT2D eigenvalue weighted by atomic mass is 10.2. The number of aromatic nitrogens is 2. The molecule has 2 rings (SSSR count). The maximum atomic E-state index is 12.4. The summed E-state index contributed by atoms with van der Waals surface area (Å²) in [7, 11) is 0. The minimum atomic E-state index is -4.52. The molecule has 0 atom stereocenters. The Morgan fingerprint density at radius 1 is 1.24 bits per heavy atom. The van der Waals surface area contributed by atoms with Crippen LogP contribution in [0.5, 0.6) is 0 Å². The first kappa shape index (κ1) is 15.6. The molecule has 0 aromatic carbocycles. The van der Waals surface area contributed by atoms with Crippen LogP contribution in [0.4, 0.5) is 18.9 Å². The van der Waals surface area contributed by atoms with Gasteiger partial charge in [-0.25, -0.2) is 9.97 Å². The number of halogens is 4. The number of rotatable bonds is 3. The standard InChI is InChI=1S/C12H7ClF3N3OS/c13-9-4-3-7(6-18-9)19-10(20)8-2-1-5-17-11(8)21-12(14,15)16/h1-6H,(H,19,20). The van der Waals surface area contributed by atoms with E-state index in [1.54, 1.807) is 0 Å². The molecule has 0 spiro atoms. The number of carbonyl (C=O) groups is 1. The number of amides is 1. The second kappa shape index (κ2) is 6.31. The van der Waals surface area contributed by atoms with Gasteiger partial charge in [0.2, 0.25) is 0 Å². The summed E-state index contributed by atoms with van der Waals surface area (Å²) in [4.78, 5) is 19.4. The van der Waals surface area contributed by atoms with Crippen LogP contribution in [0.25, 0.3) is 0 Å². The van der Waals surface area contributed by atoms with E-state index in [-0.39, 0.29) is 10.7 Å². The van der Waals surface area contributed by atoms with Crippen molar-refractivity contribution in [2.75, 3.05) is 5.32 Å². The zero-order valence-electron chi connectivity index (χ0n) is 10.2. The third kappa shape index (κ3) is 4.61. The van der Waals surface area contributed by atoms with Crippen LogP contribution in [0.2, 0.25) is 5.15 Å². The first-order valence-electron chi connectivity index (χ1n) is 5.49. The van der Waals surface area contributed by atoms with Crippen molar-refractivity contribution in [3.05, 3.63) is 47.4 Å². The average Bonchev–Trinajstić information content (AvgIpc) is 2.40. The monoisotopic (exact) mass is 333 g/mol. The molecule has 2 aromatic rings. The van der Waals surface area contributed by atoms with E-state index in [4.69, 9.17) is 11.6 Å². The van der Waals surface area contributed by atoms with E-state index in [1.165, 1.54) is 36.7 Å². The average molecular weight is 334 g/mol. The number of carbonyl (C=O) groups excluding carboxylic acids is 1. The fourth-order valence-electron chi connectivity index (χ4n) is 1.40. The van der Waals surface area contributed by atoms with Crippen LogP contribution in [0.3, 0.4) is 0 Å². The second-order valence-corrected chi connectivity index (χ2v) is 5.17. The van der Waals surface area contributed by atoms with Crippen molar-refractivity contribution in [2.24, 2.45) is 0 Å². The molecule has 110 valence electrons. The lowest BCUT2D eigenvalue weighted by molar-refractivity contribution is -0.0329. The van der Waals surface area contributed by atoms with E-state index < -0.39 is 28.2 Å². The summed E-state index contributed by atoms with van der Waals surface area (Å²) in [5.74, 6) is -0.709. The lowest BCUT2D eigenvalue weighted by Gasteiger charge is -2.10. The predicted octanol–water partition coefficient (Wildman–Crippen LogP) is 3.99. The van der Waals surface area contributed by atoms with E-state index >= 15 is 0 Å². The molecular formula is C12H7ClF3N3OS. The second-order valence-electron chi connectivity index (χ2n) is 3.73. The van der Waals surface area contributed by atoms with Crippen LogP contribution in [-0.2, 0) is 0 Å². The quantitative estimate of drug-likeness (QED) is 0.681. The summed E-state index contributed by atoms with van der Waals surface area (Å²) in [6.45, 7) is 0. The van der Waals surface area contributed by atoms with E-state index in [9.17, 15) is 18.0 Å². The zero-order chi connectivity index (χ0) is 15.5. The van der Waals surface area contributed by atoms with Gasteiger partial charge in [-0.2, -0.15) is 13.2 Å². The first-order chi connectivity index (χ1) is 9.85. The Morgan fingerprint density at radius 3 is 2.62 bits per heavy atom. The Bertz CT molecular complexity index is 649. The summed E-state index contributed by atoms with van der Waals surface area (Å²) in [5, 5.41) is 2.26. The van der Waals surface area contributed by atoms with Crippen molar-refractivity contribution in [1.82, 2.24) is 9.97 Å². The van der Waals surface area contributed by atoms with Gasteiger partial charge in [0.05, 0.1) is 17.4 Å². The van der Waals surface area contributed by atoms with Gasteiger partial charge in [-0.15, -0.1) is 0 Å². The van der Waals surface area contributed by atoms with Crippen LogP contribution >= 0.6 is 23.4 Å². The highest BCUT2D eigenvalue weighted by atomic mass is 35.5. The number of alkyl halides is 3. The van der Waals surface area contributed by atoms with Crippen LogP contribution < -0.4 is 5.32 Å². The molecule has 0 unspecified atom stereocenters. The molecule has 2 heterocycles. The largest absolute Gasteiger partial charge is 0.447 e. The van der Waals surface area contributed by atoms with Crippen molar-refractivity contribution < 1.29 is 18.0 Å². The van der Waals surface area contributed by atoms with Crippen molar-refractivity contribution in [3.8, 4) is 0 Å². The topological polar surface area (TPSA) is 54.9 Å². The van der Waals surface area contributed by atoms with Gasteiger partial charge in [0.15, 0.2) is 0 Å². The normalized spacial score (nSPS) is 11.2. The molecule has 9 heteroatoms. The Morgan fingerprint density at radius 2 is 2.00 bits per heavy atom. The van der Waals surface area contributed by atoms with E-state index in [0.717, 1.165) is 0 Å². The van der Waals surface area contributed by atoms with Crippen LogP contribution in [-0.4, -0.2) is 21.4 Å². The number of nitrogens with one attached hydrogen (secondary N) is 1. The number of anilines is 1. The molecule has 0 aliphatic carbocycles. The Labute approximate surface area is 126 Å². The molecule has 1 N–H and O–H groups in total. The van der Waals surface area contributed by atoms with E-state index in [0.29, 0.717) is 5.69 Å². The van der Waals surface area contributed by atoms with Crippen LogP contribution in [0.15, 0.2) is 41.7 Å². The van der Waals surface area contributed by atoms with Gasteiger partial charge in [0.25, 0.3) is 5.91 Å². The molecular weight excluding hydrogens is 327 g/mol. The van der Waals surface area contributed by atoms with E-state index in [1.807, 2.05) is 0 Å². The van der Waals surface area contributed by atoms with Crippen LogP contribution in [0, 0.1) is 0 Å². The molecule has 1 amide bonds. The third-order valence-corrected chi connectivity index (χ3v) is 3.19. The van der Waals surface area contributed by atoms with Crippen molar-refractivity contribution in [1.29, 1.82) is 0 Å². The molecule has 0 aliphatic heterocycles. The Balaban J connectivity index is 2.21. The number of hydrogen-bond acceptors (Lipinski definition) is 4. The fraction of sp³-hybridized carbons (Fsp3) is 0.0833. The fourth-order valence-corrected chi connectivity index (χ4v) is 2.12. The minimum absolute atomic E-state index is 0.172. The highest BCUT2D eigenvalue weighted by Gasteiger charge is 2.32. The van der Waals surface area contributed by atoms with Crippen molar-refractivity contribution in [2.45, 2.75) is 10.5 Å². The number of nitrogens with zero attached hydrogens (tertiary/aromatic N) is 2. The third-order valence-electron chi connectivity index (χ3n) is 2.21. The first-order valence-corrected chi connectivity index (χ1v) is 6.68. The number of thioether (sulfide) groups is 1. The molecule has 0 radical (unpaired) electrons. The summed E-state index contributed by atoms with van der Waals surface area (Å²) >= 11 is 5.16.